The summed E-state index contributed by atoms with van der Waals surface area (Å²) in [5.74, 6) is -2.40. The number of carboxylic acids is 3. The second kappa shape index (κ2) is 26.5. The fourth-order valence-corrected chi connectivity index (χ4v) is 2.62. The van der Waals surface area contributed by atoms with Crippen molar-refractivity contribution in [3.63, 3.8) is 0 Å². The minimum Gasteiger partial charge on any atom is -0.481 e. The van der Waals surface area contributed by atoms with Crippen molar-refractivity contribution >= 4 is 17.9 Å². The molecule has 0 amide bonds. The third-order valence-corrected chi connectivity index (χ3v) is 5.28. The van der Waals surface area contributed by atoms with Gasteiger partial charge in [-0.3, -0.25) is 14.4 Å². The quantitative estimate of drug-likeness (QED) is 0.149. The molecule has 0 heterocycles. The number of hydrogen-bond acceptors (Lipinski definition) is 6. The van der Waals surface area contributed by atoms with Crippen LogP contribution in [0.1, 0.15) is 110 Å². The predicted octanol–water partition coefficient (Wildman–Crippen LogP) is 4.07. The topological polar surface area (TPSA) is 173 Å². The maximum atomic E-state index is 10.2. The molecular formula is C24H48O9. The fraction of sp³-hybridized carbons (Fsp3) is 0.875. The van der Waals surface area contributed by atoms with Crippen LogP contribution >= 0.6 is 0 Å². The van der Waals surface area contributed by atoms with Crippen molar-refractivity contribution < 1.29 is 45.0 Å². The number of carbonyl (C=O) groups is 3. The highest BCUT2D eigenvalue weighted by atomic mass is 16.4. The van der Waals surface area contributed by atoms with E-state index < -0.39 is 23.3 Å². The van der Waals surface area contributed by atoms with Crippen molar-refractivity contribution in [1.82, 2.24) is 0 Å². The van der Waals surface area contributed by atoms with Crippen molar-refractivity contribution in [2.75, 3.05) is 19.8 Å². The van der Waals surface area contributed by atoms with Crippen LogP contribution in [0.4, 0.5) is 0 Å². The lowest BCUT2D eigenvalue weighted by molar-refractivity contribution is -0.139. The molecule has 0 fully saturated rings. The normalized spacial score (nSPS) is 10.5. The van der Waals surface area contributed by atoms with E-state index >= 15 is 0 Å². The third kappa shape index (κ3) is 30.3. The smallest absolute Gasteiger partial charge is 0.303 e. The number of rotatable bonds is 19. The van der Waals surface area contributed by atoms with Gasteiger partial charge in [0, 0.05) is 24.7 Å². The second-order valence-electron chi connectivity index (χ2n) is 8.29. The summed E-state index contributed by atoms with van der Waals surface area (Å²) in [7, 11) is 0. The largest absolute Gasteiger partial charge is 0.481 e. The highest BCUT2D eigenvalue weighted by Crippen LogP contribution is 2.18. The average Bonchev–Trinajstić information content (AvgIpc) is 2.78. The van der Waals surface area contributed by atoms with Gasteiger partial charge in [0.1, 0.15) is 0 Å². The van der Waals surface area contributed by atoms with Gasteiger partial charge in [0.2, 0.25) is 0 Å². The molecule has 33 heavy (non-hydrogen) atoms. The van der Waals surface area contributed by atoms with Crippen LogP contribution in [0, 0.1) is 5.41 Å². The van der Waals surface area contributed by atoms with Crippen LogP contribution in [0.15, 0.2) is 0 Å². The van der Waals surface area contributed by atoms with E-state index in [9.17, 15) is 14.4 Å². The fourth-order valence-electron chi connectivity index (χ4n) is 2.62. The lowest BCUT2D eigenvalue weighted by Crippen LogP contribution is -2.32. The Kier molecular flexibility index (Phi) is 28.9. The van der Waals surface area contributed by atoms with Crippen LogP contribution < -0.4 is 0 Å². The Morgan fingerprint density at radius 2 is 0.788 bits per heavy atom. The first-order chi connectivity index (χ1) is 15.6. The Hall–Kier alpha value is -1.71. The molecule has 0 rings (SSSR count). The van der Waals surface area contributed by atoms with Gasteiger partial charge in [-0.05, 0) is 25.7 Å². The number of unbranched alkanes of at least 4 members (excludes halogenated alkanes) is 9. The van der Waals surface area contributed by atoms with E-state index in [1.807, 2.05) is 6.92 Å². The zero-order valence-corrected chi connectivity index (χ0v) is 20.6. The summed E-state index contributed by atoms with van der Waals surface area (Å²) in [6.07, 6.45) is 13.1. The first-order valence-corrected chi connectivity index (χ1v) is 12.1. The van der Waals surface area contributed by atoms with Crippen molar-refractivity contribution in [3.05, 3.63) is 0 Å². The van der Waals surface area contributed by atoms with Gasteiger partial charge >= 0.3 is 17.9 Å². The van der Waals surface area contributed by atoms with E-state index in [-0.39, 0.29) is 32.7 Å². The molecule has 198 valence electrons. The first kappa shape index (κ1) is 35.9. The van der Waals surface area contributed by atoms with Crippen molar-refractivity contribution in [2.24, 2.45) is 5.41 Å². The average molecular weight is 481 g/mol. The lowest BCUT2D eigenvalue weighted by Gasteiger charge is -2.24. The summed E-state index contributed by atoms with van der Waals surface area (Å²) in [6.45, 7) is 3.58. The van der Waals surface area contributed by atoms with Crippen molar-refractivity contribution in [1.29, 1.82) is 0 Å². The van der Waals surface area contributed by atoms with Crippen molar-refractivity contribution in [3.8, 4) is 0 Å². The monoisotopic (exact) mass is 480 g/mol. The minimum absolute atomic E-state index is 0.0628. The first-order valence-electron chi connectivity index (χ1n) is 12.1. The molecule has 6 N–H and O–H groups in total. The van der Waals surface area contributed by atoms with Gasteiger partial charge in [-0.15, -0.1) is 0 Å². The molecule has 0 aliphatic carbocycles. The SMILES string of the molecule is CCC(CO)(CO)CO.CCCCCCCCCCCC(=O)O.O=C(O)CCCCC(=O)O. The van der Waals surface area contributed by atoms with Crippen LogP contribution in [0.25, 0.3) is 0 Å². The summed E-state index contributed by atoms with van der Waals surface area (Å²) in [5.41, 5.74) is -0.667. The molecule has 0 bridgehead atoms. The summed E-state index contributed by atoms with van der Waals surface area (Å²) in [5, 5.41) is 50.6. The van der Waals surface area contributed by atoms with Gasteiger partial charge < -0.3 is 30.6 Å². The van der Waals surface area contributed by atoms with E-state index in [4.69, 9.17) is 30.6 Å². The molecule has 0 aliphatic rings. The van der Waals surface area contributed by atoms with Crippen LogP contribution in [0.3, 0.4) is 0 Å². The molecule has 0 aromatic carbocycles. The second-order valence-corrected chi connectivity index (χ2v) is 8.29. The van der Waals surface area contributed by atoms with Gasteiger partial charge in [0.25, 0.3) is 0 Å². The predicted molar refractivity (Wildman–Crippen MR) is 127 cm³/mol. The van der Waals surface area contributed by atoms with Gasteiger partial charge in [-0.1, -0.05) is 65.2 Å². The molecular weight excluding hydrogens is 432 g/mol. The standard InChI is InChI=1S/C12H24O2.C6H10O4.C6H14O3/c1-2-3-4-5-6-7-8-9-10-11-12(13)14;7-5(8)3-1-2-4-6(9)10;1-2-6(3-7,4-8)5-9/h2-11H2,1H3,(H,13,14);1-4H2,(H,7,8)(H,9,10);7-9H,2-5H2,1H3. The zero-order valence-electron chi connectivity index (χ0n) is 20.6. The number of aliphatic hydroxyl groups excluding tert-OH is 3. The van der Waals surface area contributed by atoms with Gasteiger partial charge in [-0.2, -0.15) is 0 Å². The summed E-state index contributed by atoms with van der Waals surface area (Å²) in [4.78, 5) is 30.0. The minimum atomic E-state index is -0.870. The summed E-state index contributed by atoms with van der Waals surface area (Å²) in [6, 6.07) is 0. The number of aliphatic hydroxyl groups is 3. The highest BCUT2D eigenvalue weighted by Gasteiger charge is 2.24. The van der Waals surface area contributed by atoms with Crippen LogP contribution in [0.2, 0.25) is 0 Å². The Balaban J connectivity index is -0.000000423. The van der Waals surface area contributed by atoms with Crippen molar-refractivity contribution in [2.45, 2.75) is 110 Å². The maximum Gasteiger partial charge on any atom is 0.303 e. The molecule has 0 spiro atoms. The van der Waals surface area contributed by atoms with Gasteiger partial charge in [0.05, 0.1) is 19.8 Å². The van der Waals surface area contributed by atoms with E-state index in [2.05, 4.69) is 6.92 Å². The molecule has 0 saturated carbocycles. The van der Waals surface area contributed by atoms with E-state index in [1.54, 1.807) is 0 Å². The summed E-state index contributed by atoms with van der Waals surface area (Å²) >= 11 is 0. The van der Waals surface area contributed by atoms with Gasteiger partial charge in [-0.25, -0.2) is 0 Å². The van der Waals surface area contributed by atoms with Crippen LogP contribution in [0.5, 0.6) is 0 Å². The van der Waals surface area contributed by atoms with E-state index in [0.717, 1.165) is 12.8 Å². The summed E-state index contributed by atoms with van der Waals surface area (Å²) < 4.78 is 0. The highest BCUT2D eigenvalue weighted by molar-refractivity contribution is 5.68. The molecule has 9 nitrogen and oxygen atoms in total. The lowest BCUT2D eigenvalue weighted by atomic mass is 9.88. The van der Waals surface area contributed by atoms with Crippen LogP contribution in [-0.2, 0) is 14.4 Å². The Bertz CT molecular complexity index is 429. The van der Waals surface area contributed by atoms with Crippen LogP contribution in [-0.4, -0.2) is 68.4 Å². The molecule has 9 heteroatoms. The molecule has 0 atom stereocenters. The third-order valence-electron chi connectivity index (χ3n) is 5.28. The number of hydrogen-bond donors (Lipinski definition) is 6. The number of aliphatic carboxylic acids is 3. The maximum absolute atomic E-state index is 10.2. The molecule has 0 aliphatic heterocycles. The zero-order chi connectivity index (χ0) is 26.0. The molecule has 0 radical (unpaired) electrons. The molecule has 0 saturated heterocycles. The molecule has 0 aromatic heterocycles. The Morgan fingerprint density at radius 3 is 1.00 bits per heavy atom. The Morgan fingerprint density at radius 1 is 0.515 bits per heavy atom. The van der Waals surface area contributed by atoms with Gasteiger partial charge in [0.15, 0.2) is 0 Å². The van der Waals surface area contributed by atoms with E-state index in [0.29, 0.717) is 25.7 Å². The molecule has 0 aromatic rings. The Labute approximate surface area is 198 Å². The molecule has 0 unspecified atom stereocenters. The number of carboxylic acid groups (broad SMARTS) is 3. The van der Waals surface area contributed by atoms with E-state index in [1.165, 1.54) is 44.9 Å².